The predicted molar refractivity (Wildman–Crippen MR) is 98.6 cm³/mol. The van der Waals surface area contributed by atoms with Gasteiger partial charge in [0.05, 0.1) is 24.5 Å². The van der Waals surface area contributed by atoms with Gasteiger partial charge in [0.2, 0.25) is 0 Å². The number of hydrogen-bond donors (Lipinski definition) is 1. The van der Waals surface area contributed by atoms with Crippen molar-refractivity contribution in [1.82, 2.24) is 24.6 Å². The number of ether oxygens (including phenoxy) is 1. The van der Waals surface area contributed by atoms with Crippen LogP contribution < -0.4 is 0 Å². The average Bonchev–Trinajstić information content (AvgIpc) is 3.31. The van der Waals surface area contributed by atoms with Crippen LogP contribution in [0.4, 0.5) is 0 Å². The maximum Gasteiger partial charge on any atom is 0.255 e. The van der Waals surface area contributed by atoms with Crippen LogP contribution in [-0.4, -0.2) is 81.0 Å². The van der Waals surface area contributed by atoms with E-state index in [1.54, 1.807) is 35.3 Å². The molecule has 2 aliphatic rings. The van der Waals surface area contributed by atoms with E-state index in [0.717, 1.165) is 52.2 Å². The molecule has 4 heterocycles. The van der Waals surface area contributed by atoms with E-state index >= 15 is 0 Å². The van der Waals surface area contributed by atoms with Crippen molar-refractivity contribution < 1.29 is 14.6 Å². The highest BCUT2D eigenvalue weighted by molar-refractivity contribution is 5.94. The fourth-order valence-electron chi connectivity index (χ4n) is 3.83. The molecule has 0 bridgehead atoms. The summed E-state index contributed by atoms with van der Waals surface area (Å²) < 4.78 is 7.10. The van der Waals surface area contributed by atoms with Crippen molar-refractivity contribution in [3.05, 3.63) is 41.9 Å². The van der Waals surface area contributed by atoms with Crippen LogP contribution in [0.3, 0.4) is 0 Å². The summed E-state index contributed by atoms with van der Waals surface area (Å²) >= 11 is 0. The molecular formula is C19H25N5O3. The maximum atomic E-state index is 12.8. The first-order chi connectivity index (χ1) is 13.3. The predicted octanol–water partition coefficient (Wildman–Crippen LogP) is 0.696. The van der Waals surface area contributed by atoms with E-state index in [1.807, 2.05) is 4.90 Å². The molecule has 27 heavy (non-hydrogen) atoms. The number of aliphatic hydroxyl groups is 1. The van der Waals surface area contributed by atoms with Crippen LogP contribution >= 0.6 is 0 Å². The van der Waals surface area contributed by atoms with Gasteiger partial charge in [0, 0.05) is 51.2 Å². The number of pyridine rings is 1. The zero-order valence-electron chi connectivity index (χ0n) is 15.3. The first-order valence-corrected chi connectivity index (χ1v) is 9.47. The van der Waals surface area contributed by atoms with Gasteiger partial charge in [-0.2, -0.15) is 5.10 Å². The van der Waals surface area contributed by atoms with Crippen LogP contribution in [0, 0.1) is 0 Å². The highest BCUT2D eigenvalue weighted by Crippen LogP contribution is 2.19. The molecule has 0 aromatic carbocycles. The lowest BCUT2D eigenvalue weighted by Crippen LogP contribution is -2.40. The van der Waals surface area contributed by atoms with Gasteiger partial charge in [-0.15, -0.1) is 0 Å². The summed E-state index contributed by atoms with van der Waals surface area (Å²) in [7, 11) is 0. The quantitative estimate of drug-likeness (QED) is 0.852. The molecule has 144 valence electrons. The Kier molecular flexibility index (Phi) is 5.47. The van der Waals surface area contributed by atoms with Crippen molar-refractivity contribution in [3.8, 4) is 5.82 Å². The van der Waals surface area contributed by atoms with E-state index in [1.165, 1.54) is 0 Å². The molecule has 0 spiro atoms. The van der Waals surface area contributed by atoms with Crippen molar-refractivity contribution >= 4 is 5.91 Å². The van der Waals surface area contributed by atoms with Gasteiger partial charge in [0.15, 0.2) is 5.82 Å². The number of nitrogens with zero attached hydrogens (tertiary/aromatic N) is 5. The molecule has 2 aromatic rings. The van der Waals surface area contributed by atoms with Crippen molar-refractivity contribution in [2.45, 2.75) is 25.5 Å². The van der Waals surface area contributed by atoms with E-state index < -0.39 is 0 Å². The minimum Gasteiger partial charge on any atom is -0.390 e. The monoisotopic (exact) mass is 371 g/mol. The lowest BCUT2D eigenvalue weighted by molar-refractivity contribution is 0.0774. The fraction of sp³-hybridized carbons (Fsp3) is 0.526. The number of rotatable bonds is 4. The average molecular weight is 371 g/mol. The Morgan fingerprint density at radius 2 is 2.15 bits per heavy atom. The SMILES string of the molecule is O=C(c1ccc(-n2nccc2CO)nc1)N1CCC(N2CCCOCC2)C1. The Balaban J connectivity index is 1.41. The first-order valence-electron chi connectivity index (χ1n) is 9.47. The van der Waals surface area contributed by atoms with Gasteiger partial charge in [0.1, 0.15) is 0 Å². The van der Waals surface area contributed by atoms with E-state index in [2.05, 4.69) is 15.0 Å². The van der Waals surface area contributed by atoms with Crippen LogP contribution in [0.2, 0.25) is 0 Å². The van der Waals surface area contributed by atoms with Crippen molar-refractivity contribution in [2.75, 3.05) is 39.4 Å². The van der Waals surface area contributed by atoms with E-state index in [9.17, 15) is 9.90 Å². The van der Waals surface area contributed by atoms with Crippen LogP contribution in [-0.2, 0) is 11.3 Å². The van der Waals surface area contributed by atoms with E-state index in [4.69, 9.17) is 4.74 Å². The molecule has 1 N–H and O–H groups in total. The molecule has 2 aromatic heterocycles. The minimum absolute atomic E-state index is 0.0190. The van der Waals surface area contributed by atoms with E-state index in [-0.39, 0.29) is 12.5 Å². The number of aromatic nitrogens is 3. The molecule has 1 unspecified atom stereocenters. The molecule has 4 rings (SSSR count). The summed E-state index contributed by atoms with van der Waals surface area (Å²) in [5.74, 6) is 0.606. The Labute approximate surface area is 158 Å². The highest BCUT2D eigenvalue weighted by Gasteiger charge is 2.31. The molecule has 0 radical (unpaired) electrons. The molecule has 2 fully saturated rings. The summed E-state index contributed by atoms with van der Waals surface area (Å²) in [6.45, 7) is 5.02. The third kappa shape index (κ3) is 3.87. The Hall–Kier alpha value is -2.29. The fourth-order valence-corrected chi connectivity index (χ4v) is 3.83. The molecular weight excluding hydrogens is 346 g/mol. The Bertz CT molecular complexity index is 768. The van der Waals surface area contributed by atoms with Crippen LogP contribution in [0.15, 0.2) is 30.6 Å². The zero-order chi connectivity index (χ0) is 18.6. The van der Waals surface area contributed by atoms with Gasteiger partial charge in [0.25, 0.3) is 5.91 Å². The molecule has 2 saturated heterocycles. The Morgan fingerprint density at radius 3 is 2.96 bits per heavy atom. The van der Waals surface area contributed by atoms with Gasteiger partial charge in [-0.1, -0.05) is 0 Å². The summed E-state index contributed by atoms with van der Waals surface area (Å²) in [6, 6.07) is 5.69. The molecule has 0 aliphatic carbocycles. The summed E-state index contributed by atoms with van der Waals surface area (Å²) in [5, 5.41) is 13.5. The Morgan fingerprint density at radius 1 is 1.22 bits per heavy atom. The normalized spacial score (nSPS) is 21.4. The van der Waals surface area contributed by atoms with Crippen LogP contribution in [0.25, 0.3) is 5.82 Å². The zero-order valence-corrected chi connectivity index (χ0v) is 15.3. The van der Waals surface area contributed by atoms with Crippen molar-refractivity contribution in [2.24, 2.45) is 0 Å². The largest absolute Gasteiger partial charge is 0.390 e. The topological polar surface area (TPSA) is 83.7 Å². The van der Waals surface area contributed by atoms with E-state index in [0.29, 0.717) is 23.1 Å². The maximum absolute atomic E-state index is 12.8. The second kappa shape index (κ2) is 8.16. The second-order valence-electron chi connectivity index (χ2n) is 6.99. The van der Waals surface area contributed by atoms with Gasteiger partial charge in [-0.05, 0) is 31.0 Å². The second-order valence-corrected chi connectivity index (χ2v) is 6.99. The number of hydrogen-bond acceptors (Lipinski definition) is 6. The number of amides is 1. The number of aliphatic hydroxyl groups excluding tert-OH is 1. The number of carbonyl (C=O) groups is 1. The third-order valence-electron chi connectivity index (χ3n) is 5.32. The van der Waals surface area contributed by atoms with Gasteiger partial charge in [-0.25, -0.2) is 9.67 Å². The molecule has 2 aliphatic heterocycles. The first kappa shape index (κ1) is 18.1. The molecule has 1 amide bonds. The minimum atomic E-state index is -0.112. The number of carbonyl (C=O) groups excluding carboxylic acids is 1. The summed E-state index contributed by atoms with van der Waals surface area (Å²) in [5.41, 5.74) is 1.24. The van der Waals surface area contributed by atoms with Gasteiger partial charge >= 0.3 is 0 Å². The van der Waals surface area contributed by atoms with Crippen molar-refractivity contribution in [1.29, 1.82) is 0 Å². The number of likely N-dealkylation sites (tertiary alicyclic amines) is 1. The highest BCUT2D eigenvalue weighted by atomic mass is 16.5. The van der Waals surface area contributed by atoms with Gasteiger partial charge < -0.3 is 14.7 Å². The van der Waals surface area contributed by atoms with Crippen molar-refractivity contribution in [3.63, 3.8) is 0 Å². The van der Waals surface area contributed by atoms with Crippen LogP contribution in [0.5, 0.6) is 0 Å². The van der Waals surface area contributed by atoms with Gasteiger partial charge in [-0.3, -0.25) is 9.69 Å². The smallest absolute Gasteiger partial charge is 0.255 e. The standard InChI is InChI=1S/C19H25N5O3/c25-14-17-4-6-21-24(17)18-3-2-15(12-20-18)19(26)23-8-5-16(13-23)22-7-1-10-27-11-9-22/h2-4,6,12,16,25H,1,5,7-11,13-14H2. The lowest BCUT2D eigenvalue weighted by atomic mass is 10.2. The summed E-state index contributed by atoms with van der Waals surface area (Å²) in [6.07, 6.45) is 5.27. The summed E-state index contributed by atoms with van der Waals surface area (Å²) in [4.78, 5) is 21.6. The lowest BCUT2D eigenvalue weighted by Gasteiger charge is -2.26. The molecule has 0 saturated carbocycles. The molecule has 1 atom stereocenters. The molecule has 8 heteroatoms. The molecule has 8 nitrogen and oxygen atoms in total. The van der Waals surface area contributed by atoms with Crippen LogP contribution in [0.1, 0.15) is 28.9 Å². The third-order valence-corrected chi connectivity index (χ3v) is 5.32.